The van der Waals surface area contributed by atoms with E-state index in [2.05, 4.69) is 11.5 Å². The van der Waals surface area contributed by atoms with Gasteiger partial charge in [0, 0.05) is 22.1 Å². The summed E-state index contributed by atoms with van der Waals surface area (Å²) in [5.41, 5.74) is 4.85. The van der Waals surface area contributed by atoms with E-state index in [1.807, 2.05) is 23.1 Å². The molecule has 2 fully saturated rings. The molecule has 3 heterocycles. The third kappa shape index (κ3) is 2.68. The SMILES string of the molecule is NNC(c1cc2c(s1)CCC2)C1CCOC2(CCSC2)C1. The van der Waals surface area contributed by atoms with E-state index in [1.165, 1.54) is 42.1 Å². The summed E-state index contributed by atoms with van der Waals surface area (Å²) in [7, 11) is 0. The van der Waals surface area contributed by atoms with Crippen molar-refractivity contribution in [1.29, 1.82) is 0 Å². The number of hydrogen-bond acceptors (Lipinski definition) is 5. The third-order valence-corrected chi connectivity index (χ3v) is 7.86. The first-order chi connectivity index (χ1) is 10.3. The Labute approximate surface area is 135 Å². The Bertz CT molecular complexity index is 489. The molecule has 0 radical (unpaired) electrons. The maximum Gasteiger partial charge on any atom is 0.0783 e. The van der Waals surface area contributed by atoms with Gasteiger partial charge in [-0.15, -0.1) is 11.3 Å². The molecule has 0 aromatic carbocycles. The van der Waals surface area contributed by atoms with Crippen molar-refractivity contribution in [2.45, 2.75) is 50.2 Å². The first kappa shape index (κ1) is 14.5. The number of nitrogens with one attached hydrogen (secondary N) is 1. The van der Waals surface area contributed by atoms with Crippen LogP contribution < -0.4 is 11.3 Å². The van der Waals surface area contributed by atoms with Crippen LogP contribution in [0.25, 0.3) is 0 Å². The zero-order valence-electron chi connectivity index (χ0n) is 12.4. The number of aryl methyl sites for hydroxylation is 2. The van der Waals surface area contributed by atoms with Gasteiger partial charge in [0.15, 0.2) is 0 Å². The first-order valence-corrected chi connectivity index (χ1v) is 10.1. The molecular weight excluding hydrogens is 300 g/mol. The zero-order valence-corrected chi connectivity index (χ0v) is 14.0. The molecule has 3 aliphatic rings. The molecule has 4 rings (SSSR count). The summed E-state index contributed by atoms with van der Waals surface area (Å²) in [6, 6.07) is 2.73. The largest absolute Gasteiger partial charge is 0.374 e. The summed E-state index contributed by atoms with van der Waals surface area (Å²) >= 11 is 4.03. The van der Waals surface area contributed by atoms with Crippen LogP contribution >= 0.6 is 23.1 Å². The number of hydrazine groups is 1. The normalized spacial score (nSPS) is 33.5. The van der Waals surface area contributed by atoms with Gasteiger partial charge in [0.25, 0.3) is 0 Å². The Hall–Kier alpha value is -0.0700. The molecule has 3 nitrogen and oxygen atoms in total. The van der Waals surface area contributed by atoms with E-state index >= 15 is 0 Å². The summed E-state index contributed by atoms with van der Waals surface area (Å²) in [6.45, 7) is 0.897. The van der Waals surface area contributed by atoms with Gasteiger partial charge >= 0.3 is 0 Å². The van der Waals surface area contributed by atoms with Crippen LogP contribution in [0, 0.1) is 5.92 Å². The molecular formula is C16H24N2OS2. The van der Waals surface area contributed by atoms with Crippen molar-refractivity contribution in [1.82, 2.24) is 5.43 Å². The van der Waals surface area contributed by atoms with Gasteiger partial charge in [-0.05, 0) is 61.8 Å². The molecule has 3 atom stereocenters. The van der Waals surface area contributed by atoms with Gasteiger partial charge in [-0.2, -0.15) is 11.8 Å². The molecule has 3 unspecified atom stereocenters. The molecule has 0 amide bonds. The lowest BCUT2D eigenvalue weighted by Crippen LogP contribution is -2.44. The molecule has 1 aliphatic carbocycles. The number of rotatable bonds is 3. The molecule has 116 valence electrons. The maximum absolute atomic E-state index is 6.16. The second-order valence-electron chi connectivity index (χ2n) is 6.68. The standard InChI is InChI=1S/C16H24N2OS2/c17-18-15(14-8-11-2-1-3-13(11)21-14)12-4-6-19-16(9-12)5-7-20-10-16/h8,12,15,18H,1-7,9-10,17H2. The summed E-state index contributed by atoms with van der Waals surface area (Å²) in [5, 5.41) is 0. The second-order valence-corrected chi connectivity index (χ2v) is 8.96. The van der Waals surface area contributed by atoms with Crippen molar-refractivity contribution in [2.24, 2.45) is 11.8 Å². The molecule has 5 heteroatoms. The minimum absolute atomic E-state index is 0.142. The van der Waals surface area contributed by atoms with Crippen LogP contribution in [0.15, 0.2) is 6.07 Å². The lowest BCUT2D eigenvalue weighted by Gasteiger charge is -2.40. The molecule has 0 saturated carbocycles. The van der Waals surface area contributed by atoms with Crippen molar-refractivity contribution < 1.29 is 4.74 Å². The molecule has 1 spiro atoms. The average Bonchev–Trinajstić information content (AvgIpc) is 3.16. The van der Waals surface area contributed by atoms with Crippen molar-refractivity contribution in [3.63, 3.8) is 0 Å². The Morgan fingerprint density at radius 3 is 3.14 bits per heavy atom. The Morgan fingerprint density at radius 1 is 1.43 bits per heavy atom. The topological polar surface area (TPSA) is 47.3 Å². The van der Waals surface area contributed by atoms with E-state index in [1.54, 1.807) is 10.4 Å². The van der Waals surface area contributed by atoms with E-state index < -0.39 is 0 Å². The summed E-state index contributed by atoms with van der Waals surface area (Å²) in [4.78, 5) is 3.05. The monoisotopic (exact) mass is 324 g/mol. The fraction of sp³-hybridized carbons (Fsp3) is 0.750. The highest BCUT2D eigenvalue weighted by molar-refractivity contribution is 7.99. The molecule has 21 heavy (non-hydrogen) atoms. The fourth-order valence-corrected chi connectivity index (χ4v) is 6.96. The quantitative estimate of drug-likeness (QED) is 0.663. The van der Waals surface area contributed by atoms with Gasteiger partial charge in [-0.1, -0.05) is 0 Å². The Morgan fingerprint density at radius 2 is 2.38 bits per heavy atom. The van der Waals surface area contributed by atoms with Crippen LogP contribution in [0.5, 0.6) is 0 Å². The van der Waals surface area contributed by atoms with Crippen LogP contribution in [0.3, 0.4) is 0 Å². The van der Waals surface area contributed by atoms with E-state index in [9.17, 15) is 0 Å². The molecule has 2 saturated heterocycles. The Kier molecular flexibility index (Phi) is 4.05. The third-order valence-electron chi connectivity index (χ3n) is 5.32. The van der Waals surface area contributed by atoms with E-state index in [-0.39, 0.29) is 5.60 Å². The van der Waals surface area contributed by atoms with Gasteiger partial charge in [0.05, 0.1) is 11.6 Å². The lowest BCUT2D eigenvalue weighted by molar-refractivity contribution is -0.0852. The van der Waals surface area contributed by atoms with Gasteiger partial charge in [0.2, 0.25) is 0 Å². The average molecular weight is 325 g/mol. The van der Waals surface area contributed by atoms with Crippen molar-refractivity contribution >= 4 is 23.1 Å². The second kappa shape index (κ2) is 5.85. The number of thioether (sulfide) groups is 1. The van der Waals surface area contributed by atoms with E-state index in [4.69, 9.17) is 10.6 Å². The lowest BCUT2D eigenvalue weighted by atomic mass is 9.81. The van der Waals surface area contributed by atoms with Crippen LogP contribution in [-0.4, -0.2) is 23.7 Å². The van der Waals surface area contributed by atoms with Crippen LogP contribution in [0.2, 0.25) is 0 Å². The predicted molar refractivity (Wildman–Crippen MR) is 89.8 cm³/mol. The predicted octanol–water partition coefficient (Wildman–Crippen LogP) is 3.04. The molecule has 2 aliphatic heterocycles. The minimum Gasteiger partial charge on any atom is -0.374 e. The molecule has 0 bridgehead atoms. The van der Waals surface area contributed by atoms with Gasteiger partial charge in [-0.25, -0.2) is 0 Å². The van der Waals surface area contributed by atoms with Gasteiger partial charge in [-0.3, -0.25) is 11.3 Å². The fourth-order valence-electron chi connectivity index (χ4n) is 4.17. The minimum atomic E-state index is 0.142. The Balaban J connectivity index is 1.54. The summed E-state index contributed by atoms with van der Waals surface area (Å²) in [5.74, 6) is 8.98. The highest BCUT2D eigenvalue weighted by Crippen LogP contribution is 2.45. The molecule has 1 aromatic heterocycles. The van der Waals surface area contributed by atoms with Crippen LogP contribution in [0.1, 0.15) is 47.0 Å². The number of hydrogen-bond donors (Lipinski definition) is 2. The highest BCUT2D eigenvalue weighted by Gasteiger charge is 2.43. The van der Waals surface area contributed by atoms with Crippen molar-refractivity contribution in [2.75, 3.05) is 18.1 Å². The number of ether oxygens (including phenoxy) is 1. The van der Waals surface area contributed by atoms with Crippen molar-refractivity contribution in [3.05, 3.63) is 21.4 Å². The number of nitrogens with two attached hydrogens (primary N) is 1. The highest BCUT2D eigenvalue weighted by atomic mass is 32.2. The molecule has 1 aromatic rings. The van der Waals surface area contributed by atoms with Crippen LogP contribution in [0.4, 0.5) is 0 Å². The first-order valence-electron chi connectivity index (χ1n) is 8.09. The van der Waals surface area contributed by atoms with Crippen molar-refractivity contribution in [3.8, 4) is 0 Å². The number of thiophene rings is 1. The molecule has 3 N–H and O–H groups in total. The summed E-state index contributed by atoms with van der Waals surface area (Å²) in [6.07, 6.45) is 7.37. The van der Waals surface area contributed by atoms with Crippen LogP contribution in [-0.2, 0) is 17.6 Å². The maximum atomic E-state index is 6.16. The van der Waals surface area contributed by atoms with Gasteiger partial charge in [0.1, 0.15) is 0 Å². The smallest absolute Gasteiger partial charge is 0.0783 e. The van der Waals surface area contributed by atoms with E-state index in [0.29, 0.717) is 12.0 Å². The zero-order chi connectivity index (χ0) is 14.3. The van der Waals surface area contributed by atoms with E-state index in [0.717, 1.165) is 19.4 Å². The summed E-state index contributed by atoms with van der Waals surface area (Å²) < 4.78 is 6.16. The van der Waals surface area contributed by atoms with Gasteiger partial charge < -0.3 is 4.74 Å². The number of fused-ring (bicyclic) bond motifs is 1.